The first-order chi connectivity index (χ1) is 36.1. The minimum absolute atomic E-state index is 0.0518. The molecule has 0 fully saturated rings. The largest absolute Gasteiger partial charge is 0.273 e. The molecule has 0 bridgehead atoms. The predicted molar refractivity (Wildman–Crippen MR) is 336 cm³/mol. The molecule has 0 heterocycles. The van der Waals surface area contributed by atoms with Crippen LogP contribution in [0.15, 0.2) is 0 Å². The highest BCUT2D eigenvalue weighted by Crippen LogP contribution is 2.36. The summed E-state index contributed by atoms with van der Waals surface area (Å²) in [5, 5.41) is 0. The fourth-order valence-electron chi connectivity index (χ4n) is 12.4. The summed E-state index contributed by atoms with van der Waals surface area (Å²) in [6.07, 6.45) is 79.8. The molecule has 0 spiro atoms. The lowest BCUT2D eigenvalue weighted by atomic mass is 9.97. The summed E-state index contributed by atoms with van der Waals surface area (Å²) in [6.45, 7) is 24.5. The third kappa shape index (κ3) is 45.4. The van der Waals surface area contributed by atoms with Gasteiger partial charge in [0.05, 0.1) is 0 Å². The number of unbranched alkanes of at least 4 members (excludes halogenated alkanes) is 48. The average Bonchev–Trinajstić information content (AvgIpc) is 3.40. The van der Waals surface area contributed by atoms with E-state index in [4.69, 9.17) is 0 Å². The molecule has 440 valence electrons. The van der Waals surface area contributed by atoms with Gasteiger partial charge in [-0.15, -0.1) is 0 Å². The van der Waals surface area contributed by atoms with Gasteiger partial charge in [0.25, 0.3) is 0 Å². The molecule has 0 saturated carbocycles. The summed E-state index contributed by atoms with van der Waals surface area (Å²) in [4.78, 5) is 9.88. The molecule has 0 amide bonds. The van der Waals surface area contributed by atoms with Gasteiger partial charge in [-0.2, -0.15) is 0 Å². The molecule has 0 atom stereocenters. The second-order valence-corrected chi connectivity index (χ2v) is 24.5. The van der Waals surface area contributed by atoms with Crippen LogP contribution >= 0.6 is 0 Å². The van der Waals surface area contributed by atoms with Crippen LogP contribution in [0.4, 0.5) is 0 Å². The van der Waals surface area contributed by atoms with Crippen LogP contribution < -0.4 is 0 Å². The zero-order valence-electron chi connectivity index (χ0n) is 52.7. The minimum Gasteiger partial charge on any atom is -0.273 e. The lowest BCUT2D eigenvalue weighted by Crippen LogP contribution is -2.71. The summed E-state index contributed by atoms with van der Waals surface area (Å²) < 4.78 is 0. The Labute approximate surface area is 465 Å². The molecule has 0 aliphatic carbocycles. The van der Waals surface area contributed by atoms with Gasteiger partial charge in [0.15, 0.2) is 0 Å². The standard InChI is InChI=1S/C70H145N3/c1-8-15-22-29-36-43-50-57-64-71(65-58-51-44-37-30-23-16-9-2)70(63-56-49-42-35-28-21-14-7,72(66-59-52-45-38-31-24-17-10-3)67-60-53-46-39-32-25-18-11-4)73(68-61-54-47-40-33-26-19-12-5)69-62-55-48-41-34-27-20-13-6/h8-69H2,1-7H3. The van der Waals surface area contributed by atoms with Gasteiger partial charge in [0.2, 0.25) is 0 Å². The highest BCUT2D eigenvalue weighted by Gasteiger charge is 2.45. The molecule has 0 aliphatic heterocycles. The molecule has 0 aromatic heterocycles. The fraction of sp³-hybridized carbons (Fsp3) is 1.00. The summed E-state index contributed by atoms with van der Waals surface area (Å²) in [6, 6.07) is 0. The molecule has 3 heteroatoms. The van der Waals surface area contributed by atoms with Crippen molar-refractivity contribution < 1.29 is 0 Å². The summed E-state index contributed by atoms with van der Waals surface area (Å²) in [7, 11) is 0. The van der Waals surface area contributed by atoms with Crippen molar-refractivity contribution in [2.24, 2.45) is 0 Å². The van der Waals surface area contributed by atoms with Gasteiger partial charge in [-0.3, -0.25) is 14.7 Å². The minimum atomic E-state index is 0.0518. The van der Waals surface area contributed by atoms with E-state index in [-0.39, 0.29) is 5.79 Å². The first-order valence-electron chi connectivity index (χ1n) is 35.4. The Bertz CT molecular complexity index is 814. The Hall–Kier alpha value is -0.120. The van der Waals surface area contributed by atoms with Crippen LogP contribution in [0.1, 0.15) is 408 Å². The summed E-state index contributed by atoms with van der Waals surface area (Å²) in [5.41, 5.74) is 0. The van der Waals surface area contributed by atoms with Gasteiger partial charge in [0, 0.05) is 39.3 Å². The van der Waals surface area contributed by atoms with Crippen LogP contribution in [0.2, 0.25) is 0 Å². The maximum absolute atomic E-state index is 3.29. The molecule has 73 heavy (non-hydrogen) atoms. The molecular weight excluding hydrogens is 883 g/mol. The van der Waals surface area contributed by atoms with Crippen molar-refractivity contribution in [3.05, 3.63) is 0 Å². The van der Waals surface area contributed by atoms with Gasteiger partial charge >= 0.3 is 0 Å². The van der Waals surface area contributed by atoms with Crippen LogP contribution in [0.3, 0.4) is 0 Å². The average molecular weight is 1030 g/mol. The van der Waals surface area contributed by atoms with Crippen molar-refractivity contribution in [3.63, 3.8) is 0 Å². The van der Waals surface area contributed by atoms with Crippen LogP contribution in [0, 0.1) is 0 Å². The van der Waals surface area contributed by atoms with Crippen LogP contribution in [0.25, 0.3) is 0 Å². The molecule has 0 aromatic carbocycles. The lowest BCUT2D eigenvalue weighted by molar-refractivity contribution is -0.180. The van der Waals surface area contributed by atoms with Crippen LogP contribution in [-0.4, -0.2) is 59.8 Å². The molecule has 0 rings (SSSR count). The van der Waals surface area contributed by atoms with Gasteiger partial charge in [-0.05, 0) is 51.4 Å². The first kappa shape index (κ1) is 72.9. The topological polar surface area (TPSA) is 9.72 Å². The van der Waals surface area contributed by atoms with E-state index in [1.807, 2.05) is 0 Å². The number of nitrogens with zero attached hydrogens (tertiary/aromatic N) is 3. The van der Waals surface area contributed by atoms with E-state index in [0.29, 0.717) is 0 Å². The van der Waals surface area contributed by atoms with Crippen molar-refractivity contribution in [1.82, 2.24) is 14.7 Å². The Morgan fingerprint density at radius 2 is 0.274 bits per heavy atom. The smallest absolute Gasteiger partial charge is 0.131 e. The van der Waals surface area contributed by atoms with E-state index < -0.39 is 0 Å². The maximum atomic E-state index is 3.29. The zero-order valence-corrected chi connectivity index (χ0v) is 52.7. The molecular formula is C70H145N3. The monoisotopic (exact) mass is 1030 g/mol. The quantitative estimate of drug-likeness (QED) is 0.0444. The molecule has 0 N–H and O–H groups in total. The zero-order chi connectivity index (χ0) is 53.1. The Morgan fingerprint density at radius 3 is 0.425 bits per heavy atom. The first-order valence-corrected chi connectivity index (χ1v) is 35.4. The van der Waals surface area contributed by atoms with E-state index in [1.165, 1.54) is 399 Å². The number of hydrogen-bond donors (Lipinski definition) is 0. The van der Waals surface area contributed by atoms with Crippen molar-refractivity contribution >= 4 is 0 Å². The van der Waals surface area contributed by atoms with Gasteiger partial charge < -0.3 is 0 Å². The maximum Gasteiger partial charge on any atom is 0.131 e. The van der Waals surface area contributed by atoms with Crippen molar-refractivity contribution in [1.29, 1.82) is 0 Å². The highest BCUT2D eigenvalue weighted by molar-refractivity contribution is 4.92. The molecule has 0 saturated heterocycles. The van der Waals surface area contributed by atoms with Crippen molar-refractivity contribution in [3.8, 4) is 0 Å². The SMILES string of the molecule is CCCCCCCCCCN(CCCCCCCCCC)C(CCCCCCCCC)(N(CCCCCCCCCC)CCCCCCCCCC)N(CCCCCCCCCC)CCCCCCCCCC. The van der Waals surface area contributed by atoms with Gasteiger partial charge in [-0.25, -0.2) is 0 Å². The van der Waals surface area contributed by atoms with E-state index >= 15 is 0 Å². The third-order valence-corrected chi connectivity index (χ3v) is 17.3. The molecule has 0 aromatic rings. The third-order valence-electron chi connectivity index (χ3n) is 17.3. The lowest BCUT2D eigenvalue weighted by Gasteiger charge is -2.58. The Balaban J connectivity index is 7.45. The summed E-state index contributed by atoms with van der Waals surface area (Å²) in [5.74, 6) is 0.0518. The Morgan fingerprint density at radius 1 is 0.151 bits per heavy atom. The fourth-order valence-corrected chi connectivity index (χ4v) is 12.4. The molecule has 0 unspecified atom stereocenters. The van der Waals surface area contributed by atoms with E-state index in [0.717, 1.165) is 0 Å². The number of rotatable bonds is 65. The number of hydrogen-bond acceptors (Lipinski definition) is 3. The van der Waals surface area contributed by atoms with Crippen LogP contribution in [0.5, 0.6) is 0 Å². The van der Waals surface area contributed by atoms with Gasteiger partial charge in [0.1, 0.15) is 5.79 Å². The van der Waals surface area contributed by atoms with Crippen LogP contribution in [-0.2, 0) is 0 Å². The second-order valence-electron chi connectivity index (χ2n) is 24.5. The Kier molecular flexibility index (Phi) is 61.0. The molecule has 3 nitrogen and oxygen atoms in total. The van der Waals surface area contributed by atoms with E-state index in [9.17, 15) is 0 Å². The molecule has 0 aliphatic rings. The van der Waals surface area contributed by atoms with Crippen molar-refractivity contribution in [2.75, 3.05) is 39.3 Å². The van der Waals surface area contributed by atoms with E-state index in [1.54, 1.807) is 0 Å². The highest BCUT2D eigenvalue weighted by atomic mass is 15.6. The second kappa shape index (κ2) is 61.1. The molecule has 0 radical (unpaired) electrons. The summed E-state index contributed by atoms with van der Waals surface area (Å²) >= 11 is 0. The van der Waals surface area contributed by atoms with Gasteiger partial charge in [-0.1, -0.05) is 357 Å². The predicted octanol–water partition coefficient (Wildman–Crippen LogP) is 24.5. The normalized spacial score (nSPS) is 12.2. The van der Waals surface area contributed by atoms with E-state index in [2.05, 4.69) is 63.2 Å². The van der Waals surface area contributed by atoms with Crippen molar-refractivity contribution in [2.45, 2.75) is 414 Å².